The minimum atomic E-state index is -0.350. The fourth-order valence-corrected chi connectivity index (χ4v) is 2.15. The maximum atomic E-state index is 13.4. The average Bonchev–Trinajstić information content (AvgIpc) is 3.10. The molecule has 0 spiro atoms. The smallest absolute Gasteiger partial charge is 0.273 e. The van der Waals surface area contributed by atoms with Crippen molar-refractivity contribution in [2.75, 3.05) is 20.8 Å². The number of aryl methyl sites for hydroxylation is 1. The van der Waals surface area contributed by atoms with Gasteiger partial charge in [-0.3, -0.25) is 4.79 Å². The molecule has 0 radical (unpaired) electrons. The van der Waals surface area contributed by atoms with Crippen molar-refractivity contribution in [3.63, 3.8) is 0 Å². The van der Waals surface area contributed by atoms with Crippen LogP contribution >= 0.6 is 0 Å². The van der Waals surface area contributed by atoms with E-state index in [2.05, 4.69) is 20.4 Å². The number of nitrogens with one attached hydrogen (secondary N) is 1. The summed E-state index contributed by atoms with van der Waals surface area (Å²) in [5.74, 6) is -0.208. The quantitative estimate of drug-likeness (QED) is 0.607. The molecular weight excluding hydrogens is 339 g/mol. The summed E-state index contributed by atoms with van der Waals surface area (Å²) < 4.78 is 20.5. The molecule has 0 atom stereocenters. The molecule has 2 rings (SSSR count). The number of aromatic nitrogens is 2. The average molecular weight is 360 g/mol. The van der Waals surface area contributed by atoms with Gasteiger partial charge in [0.25, 0.3) is 5.91 Å². The van der Waals surface area contributed by atoms with Gasteiger partial charge in [0, 0.05) is 19.3 Å². The Morgan fingerprint density at radius 2 is 2.19 bits per heavy atom. The second-order valence-corrected chi connectivity index (χ2v) is 5.43. The molecule has 0 fully saturated rings. The molecule has 2 aromatic rings. The van der Waals surface area contributed by atoms with Crippen LogP contribution in [0.25, 0.3) is 5.69 Å². The molecule has 138 valence electrons. The highest BCUT2D eigenvalue weighted by molar-refractivity contribution is 6.44. The third-order valence-corrected chi connectivity index (χ3v) is 3.59. The normalized spacial score (nSPS) is 12.0. The second-order valence-electron chi connectivity index (χ2n) is 5.43. The van der Waals surface area contributed by atoms with Gasteiger partial charge in [0.2, 0.25) is 5.88 Å². The molecule has 1 heterocycles. The maximum absolute atomic E-state index is 13.4. The van der Waals surface area contributed by atoms with Gasteiger partial charge >= 0.3 is 0 Å². The third kappa shape index (κ3) is 4.69. The lowest BCUT2D eigenvalue weighted by molar-refractivity contribution is -0.114. The van der Waals surface area contributed by atoms with Gasteiger partial charge in [0.1, 0.15) is 19.5 Å². The maximum Gasteiger partial charge on any atom is 0.273 e. The number of nitrogens with zero attached hydrogens (tertiary/aromatic N) is 3. The van der Waals surface area contributed by atoms with E-state index in [1.807, 2.05) is 0 Å². The molecule has 1 N–H and O–H groups in total. The van der Waals surface area contributed by atoms with Crippen molar-refractivity contribution in [2.24, 2.45) is 5.16 Å². The van der Waals surface area contributed by atoms with E-state index in [-0.39, 0.29) is 24.0 Å². The minimum absolute atomic E-state index is 0.172. The highest BCUT2D eigenvalue weighted by Crippen LogP contribution is 2.15. The molecule has 26 heavy (non-hydrogen) atoms. The first-order valence-electron chi connectivity index (χ1n) is 7.91. The van der Waals surface area contributed by atoms with Crippen LogP contribution in [0.3, 0.4) is 0 Å². The van der Waals surface area contributed by atoms with Gasteiger partial charge in [-0.2, -0.15) is 0 Å². The fraction of sp³-hybridized carbons (Fsp3) is 0.278. The van der Waals surface area contributed by atoms with Crippen LogP contribution in [0.5, 0.6) is 5.88 Å². The van der Waals surface area contributed by atoms with Gasteiger partial charge in [-0.05, 0) is 49.3 Å². The SMILES string of the molecule is CNC(=O)C(=N/OC)/C(C)=C\COc1ccn(-c2ccc(F)c(C)c2)n1. The lowest BCUT2D eigenvalue weighted by atomic mass is 10.1. The molecule has 0 unspecified atom stereocenters. The van der Waals surface area contributed by atoms with E-state index in [9.17, 15) is 9.18 Å². The van der Waals surface area contributed by atoms with Crippen molar-refractivity contribution >= 4 is 11.6 Å². The standard InChI is InChI=1S/C18H21FN4O3/c1-12(17(22-25-4)18(24)20-3)8-10-26-16-7-9-23(21-16)14-5-6-15(19)13(2)11-14/h5-9,11H,10H2,1-4H3,(H,20,24)/b12-8-,22-17+. The number of benzene rings is 1. The van der Waals surface area contributed by atoms with Crippen molar-refractivity contribution in [1.82, 2.24) is 15.1 Å². The topological polar surface area (TPSA) is 77.7 Å². The van der Waals surface area contributed by atoms with E-state index in [1.54, 1.807) is 49.0 Å². The van der Waals surface area contributed by atoms with Gasteiger partial charge < -0.3 is 14.9 Å². The van der Waals surface area contributed by atoms with Gasteiger partial charge in [-0.15, -0.1) is 5.10 Å². The van der Waals surface area contributed by atoms with Crippen molar-refractivity contribution in [3.8, 4) is 11.6 Å². The first kappa shape index (κ1) is 19.2. The Bertz CT molecular complexity index is 843. The number of ether oxygens (including phenoxy) is 1. The Balaban J connectivity index is 2.04. The summed E-state index contributed by atoms with van der Waals surface area (Å²) in [4.78, 5) is 16.4. The van der Waals surface area contributed by atoms with E-state index in [1.165, 1.54) is 20.2 Å². The Kier molecular flexibility index (Phi) is 6.48. The van der Waals surface area contributed by atoms with Crippen LogP contribution in [-0.4, -0.2) is 42.2 Å². The van der Waals surface area contributed by atoms with Crippen LogP contribution in [0.1, 0.15) is 12.5 Å². The molecular formula is C18H21FN4O3. The second kappa shape index (κ2) is 8.80. The number of halogens is 1. The number of hydrogen-bond donors (Lipinski definition) is 1. The van der Waals surface area contributed by atoms with E-state index in [0.29, 0.717) is 17.0 Å². The number of rotatable bonds is 7. The summed E-state index contributed by atoms with van der Waals surface area (Å²) in [5.41, 5.74) is 2.06. The molecule has 0 saturated heterocycles. The molecule has 0 aliphatic rings. The molecule has 1 aromatic heterocycles. The lowest BCUT2D eigenvalue weighted by Crippen LogP contribution is -2.28. The molecule has 0 saturated carbocycles. The Morgan fingerprint density at radius 1 is 1.42 bits per heavy atom. The summed E-state index contributed by atoms with van der Waals surface area (Å²) >= 11 is 0. The highest BCUT2D eigenvalue weighted by atomic mass is 19.1. The van der Waals surface area contributed by atoms with Crippen molar-refractivity contribution in [1.29, 1.82) is 0 Å². The number of amides is 1. The minimum Gasteiger partial charge on any atom is -0.472 e. The van der Waals surface area contributed by atoms with Crippen LogP contribution in [0, 0.1) is 12.7 Å². The van der Waals surface area contributed by atoms with E-state index >= 15 is 0 Å². The number of carbonyl (C=O) groups excluding carboxylic acids is 1. The van der Waals surface area contributed by atoms with Gasteiger partial charge in [-0.25, -0.2) is 9.07 Å². The van der Waals surface area contributed by atoms with Crippen LogP contribution in [0.15, 0.2) is 47.3 Å². The summed E-state index contributed by atoms with van der Waals surface area (Å²) in [7, 11) is 2.89. The van der Waals surface area contributed by atoms with Crippen molar-refractivity contribution in [3.05, 3.63) is 53.5 Å². The zero-order chi connectivity index (χ0) is 19.1. The Morgan fingerprint density at radius 3 is 2.85 bits per heavy atom. The summed E-state index contributed by atoms with van der Waals surface area (Å²) in [5, 5.41) is 10.5. The molecule has 0 bridgehead atoms. The number of oxime groups is 1. The van der Waals surface area contributed by atoms with Gasteiger partial charge in [-0.1, -0.05) is 5.16 Å². The van der Waals surface area contributed by atoms with Crippen molar-refractivity contribution < 1.29 is 18.8 Å². The van der Waals surface area contributed by atoms with Crippen LogP contribution in [-0.2, 0) is 9.63 Å². The van der Waals surface area contributed by atoms with E-state index in [0.717, 1.165) is 5.69 Å². The van der Waals surface area contributed by atoms with E-state index in [4.69, 9.17) is 4.74 Å². The van der Waals surface area contributed by atoms with Crippen LogP contribution in [0.2, 0.25) is 0 Å². The fourth-order valence-electron chi connectivity index (χ4n) is 2.15. The number of hydrogen-bond acceptors (Lipinski definition) is 5. The zero-order valence-electron chi connectivity index (χ0n) is 15.1. The highest BCUT2D eigenvalue weighted by Gasteiger charge is 2.12. The summed E-state index contributed by atoms with van der Waals surface area (Å²) in [6.45, 7) is 3.63. The zero-order valence-corrected chi connectivity index (χ0v) is 15.1. The molecule has 0 aliphatic carbocycles. The summed E-state index contributed by atoms with van der Waals surface area (Å²) in [6, 6.07) is 6.44. The largest absolute Gasteiger partial charge is 0.472 e. The first-order valence-corrected chi connectivity index (χ1v) is 7.91. The van der Waals surface area contributed by atoms with Gasteiger partial charge in [0.05, 0.1) is 5.69 Å². The predicted octanol–water partition coefficient (Wildman–Crippen LogP) is 2.39. The Hall–Kier alpha value is -3.16. The molecule has 7 nitrogen and oxygen atoms in total. The van der Waals surface area contributed by atoms with Crippen LogP contribution in [0.4, 0.5) is 4.39 Å². The molecule has 1 aromatic carbocycles. The monoisotopic (exact) mass is 360 g/mol. The van der Waals surface area contributed by atoms with E-state index < -0.39 is 0 Å². The van der Waals surface area contributed by atoms with Gasteiger partial charge in [0.15, 0.2) is 5.71 Å². The third-order valence-electron chi connectivity index (χ3n) is 3.59. The summed E-state index contributed by atoms with van der Waals surface area (Å²) in [6.07, 6.45) is 3.43. The molecule has 1 amide bonds. The first-order chi connectivity index (χ1) is 12.5. The Labute approximate surface area is 151 Å². The number of carbonyl (C=O) groups is 1. The lowest BCUT2D eigenvalue weighted by Gasteiger charge is -2.05. The molecule has 8 heteroatoms. The van der Waals surface area contributed by atoms with Crippen molar-refractivity contribution in [2.45, 2.75) is 13.8 Å². The predicted molar refractivity (Wildman–Crippen MR) is 96.0 cm³/mol. The van der Waals surface area contributed by atoms with Crippen LogP contribution < -0.4 is 10.1 Å². The molecule has 0 aliphatic heterocycles.